The Labute approximate surface area is 59.6 Å². The van der Waals surface area contributed by atoms with Crippen molar-refractivity contribution in [1.29, 1.82) is 0 Å². The zero-order valence-electron chi connectivity index (χ0n) is 9.36. The van der Waals surface area contributed by atoms with Gasteiger partial charge in [-0.25, -0.2) is 0 Å². The number of nitrogens with zero attached hydrogens (tertiary/aromatic N) is 1. The molecule has 0 aliphatic carbocycles. The van der Waals surface area contributed by atoms with Crippen molar-refractivity contribution in [3.05, 3.63) is 30.0 Å². The van der Waals surface area contributed by atoms with Crippen LogP contribution < -0.4 is 5.73 Å². The van der Waals surface area contributed by atoms with Gasteiger partial charge in [-0.2, -0.15) is 0 Å². The summed E-state index contributed by atoms with van der Waals surface area (Å²) < 4.78 is 35.3. The van der Waals surface area contributed by atoms with Gasteiger partial charge < -0.3 is 5.73 Å². The highest BCUT2D eigenvalue weighted by Gasteiger charge is 1.94. The fourth-order valence-electron chi connectivity index (χ4n) is 0.338. The molecule has 1 amide bonds. The van der Waals surface area contributed by atoms with Gasteiger partial charge in [0.1, 0.15) is 0 Å². The van der Waals surface area contributed by atoms with E-state index in [1.54, 1.807) is 0 Å². The third-order valence-electron chi connectivity index (χ3n) is 0.694. The van der Waals surface area contributed by atoms with Crippen molar-refractivity contribution in [2.75, 3.05) is 0 Å². The van der Waals surface area contributed by atoms with E-state index in [0.717, 1.165) is 0 Å². The van der Waals surface area contributed by atoms with Crippen LogP contribution in [0.2, 0.25) is 1.41 Å². The van der Waals surface area contributed by atoms with E-state index in [2.05, 4.69) is 4.98 Å². The van der Waals surface area contributed by atoms with E-state index in [-0.39, 0.29) is 0 Å². The van der Waals surface area contributed by atoms with Gasteiger partial charge in [0.2, 0.25) is 5.91 Å². The summed E-state index contributed by atoms with van der Waals surface area (Å²) in [5, 5.41) is 0. The van der Waals surface area contributed by atoms with Gasteiger partial charge in [-0.3, -0.25) is 9.78 Å². The molecule has 0 fully saturated rings. The van der Waals surface area contributed by atoms with Gasteiger partial charge in [0, 0.05) is 12.3 Å². The quantitative estimate of drug-likeness (QED) is 0.585. The van der Waals surface area contributed by atoms with Gasteiger partial charge >= 0.3 is 0 Å². The number of primary amides is 1. The van der Waals surface area contributed by atoms with Gasteiger partial charge in [-0.05, 0) is 12.1 Å². The first-order valence-electron chi connectivity index (χ1n) is 4.65. The molecule has 0 saturated carbocycles. The van der Waals surface area contributed by atoms with Crippen LogP contribution in [-0.4, -0.2) is 10.9 Å². The van der Waals surface area contributed by atoms with Crippen molar-refractivity contribution in [3.8, 4) is 0 Å². The maximum Gasteiger partial charge on any atom is 0.250 e. The second-order valence-corrected chi connectivity index (χ2v) is 1.29. The van der Waals surface area contributed by atoms with E-state index in [1.807, 2.05) is 0 Å². The molecule has 3 heteroatoms. The maximum atomic E-state index is 11.0. The SMILES string of the molecule is [2H]NC(=O)c1c([2H])nc([2H])c([2H])c1[2H]. The zero-order chi connectivity index (χ0) is 10.9. The first-order valence-corrected chi connectivity index (χ1v) is 2.15. The van der Waals surface area contributed by atoms with E-state index < -0.39 is 35.9 Å². The molecule has 46 valence electrons. The van der Waals surface area contributed by atoms with Crippen LogP contribution in [0.4, 0.5) is 0 Å². The number of aromatic nitrogens is 1. The number of carbonyl (C=O) groups excluding carboxylic acids is 1. The van der Waals surface area contributed by atoms with Crippen LogP contribution in [0, 0.1) is 0 Å². The molecule has 0 aliphatic heterocycles. The lowest BCUT2D eigenvalue weighted by Crippen LogP contribution is -2.10. The Hall–Kier alpha value is -1.38. The molecule has 1 heterocycles. The number of nitrogens with two attached hydrogens (primary N) is 1. The molecule has 3 nitrogen and oxygen atoms in total. The highest BCUT2D eigenvalue weighted by molar-refractivity contribution is 5.92. The van der Waals surface area contributed by atoms with Crippen LogP contribution in [-0.2, 0) is 0 Å². The minimum atomic E-state index is -0.971. The summed E-state index contributed by atoms with van der Waals surface area (Å²) in [4.78, 5) is 14.3. The monoisotopic (exact) mass is 127 g/mol. The molecule has 0 radical (unpaired) electrons. The van der Waals surface area contributed by atoms with Gasteiger partial charge in [-0.15, -0.1) is 0 Å². The summed E-state index contributed by atoms with van der Waals surface area (Å²) in [5.74, 6) is -0.971. The number of rotatable bonds is 1. The van der Waals surface area contributed by atoms with E-state index in [1.165, 1.54) is 5.73 Å². The average Bonchev–Trinajstić information content (AvgIpc) is 2.14. The highest BCUT2D eigenvalue weighted by atomic mass is 16.1. The van der Waals surface area contributed by atoms with E-state index in [4.69, 9.17) is 6.89 Å². The zero-order valence-corrected chi connectivity index (χ0v) is 4.36. The topological polar surface area (TPSA) is 56.0 Å². The predicted molar refractivity (Wildman–Crippen MR) is 32.8 cm³/mol. The van der Waals surface area contributed by atoms with Crippen molar-refractivity contribution in [2.45, 2.75) is 0 Å². The molecule has 9 heavy (non-hydrogen) atoms. The number of carbonyl (C=O) groups is 1. The van der Waals surface area contributed by atoms with Crippen LogP contribution in [0.1, 0.15) is 15.8 Å². The summed E-state index contributed by atoms with van der Waals surface area (Å²) in [5.41, 5.74) is 1.04. The molecule has 0 spiro atoms. The van der Waals surface area contributed by atoms with Crippen molar-refractivity contribution < 1.29 is 11.7 Å². The molecular formula is C6H6N2O. The first-order chi connectivity index (χ1) is 6.49. The highest BCUT2D eigenvalue weighted by Crippen LogP contribution is 1.91. The largest absolute Gasteiger partial charge is 0.366 e. The molecular weight excluding hydrogens is 116 g/mol. The van der Waals surface area contributed by atoms with Crippen molar-refractivity contribution in [1.82, 2.24) is 4.98 Å². The summed E-state index contributed by atoms with van der Waals surface area (Å²) in [7, 11) is 0. The standard InChI is InChI=1S/C6H6N2O/c7-6(9)5-2-1-3-8-4-5/h1-4H,(H2,7,9)/i1D,2D,3D,4D/hD. The molecule has 1 aromatic heterocycles. The summed E-state index contributed by atoms with van der Waals surface area (Å²) in [6.07, 6.45) is -1.10. The molecule has 1 aromatic rings. The van der Waals surface area contributed by atoms with E-state index in [9.17, 15) is 4.79 Å². The summed E-state index contributed by atoms with van der Waals surface area (Å²) in [6, 6.07) is -1.08. The molecule has 0 aromatic carbocycles. The van der Waals surface area contributed by atoms with Crippen LogP contribution in [0.3, 0.4) is 0 Å². The van der Waals surface area contributed by atoms with Crippen molar-refractivity contribution >= 4 is 5.91 Å². The van der Waals surface area contributed by atoms with Crippen molar-refractivity contribution in [3.63, 3.8) is 0 Å². The minimum Gasteiger partial charge on any atom is -0.366 e. The van der Waals surface area contributed by atoms with Gasteiger partial charge in [0.05, 0.1) is 11.0 Å². The average molecular weight is 127 g/mol. The second-order valence-electron chi connectivity index (χ2n) is 1.29. The Morgan fingerprint density at radius 2 is 2.89 bits per heavy atom. The normalized spacial score (nSPS) is 16.2. The maximum absolute atomic E-state index is 11.0. The third kappa shape index (κ3) is 1.25. The molecule has 1 rings (SSSR count). The van der Waals surface area contributed by atoms with Crippen LogP contribution in [0.25, 0.3) is 0 Å². The first kappa shape index (κ1) is 2.10. The van der Waals surface area contributed by atoms with Gasteiger partial charge in [-0.1, -0.05) is 0 Å². The summed E-state index contributed by atoms with van der Waals surface area (Å²) in [6.45, 7) is 0. The van der Waals surface area contributed by atoms with Crippen molar-refractivity contribution in [2.24, 2.45) is 5.73 Å². The molecule has 0 aliphatic rings. The van der Waals surface area contributed by atoms with Crippen LogP contribution in [0.15, 0.2) is 24.4 Å². The Bertz CT molecular complexity index is 394. The van der Waals surface area contributed by atoms with E-state index in [0.29, 0.717) is 0 Å². The molecule has 2 N–H and O–H groups in total. The fourth-order valence-corrected chi connectivity index (χ4v) is 0.338. The van der Waals surface area contributed by atoms with E-state index >= 15 is 0 Å². The second kappa shape index (κ2) is 2.26. The lowest BCUT2D eigenvalue weighted by Gasteiger charge is -1.88. The smallest absolute Gasteiger partial charge is 0.250 e. The molecule has 0 unspecified atom stereocenters. The Kier molecular flexibility index (Phi) is 0.526. The Balaban J connectivity index is 3.44. The molecule has 0 bridgehead atoms. The number of amides is 1. The minimum absolute atomic E-state index is 0.457. The Morgan fingerprint density at radius 3 is 3.67 bits per heavy atom. The van der Waals surface area contributed by atoms with Crippen LogP contribution in [0.5, 0.6) is 0 Å². The van der Waals surface area contributed by atoms with Crippen LogP contribution >= 0.6 is 0 Å². The number of hydrogen-bond donors (Lipinski definition) is 1. The lowest BCUT2D eigenvalue weighted by molar-refractivity contribution is 0.1000. The number of hydrogen-bond acceptors (Lipinski definition) is 2. The lowest BCUT2D eigenvalue weighted by atomic mass is 10.3. The third-order valence-corrected chi connectivity index (χ3v) is 0.694. The van der Waals surface area contributed by atoms with Gasteiger partial charge in [0.15, 0.2) is 1.41 Å². The van der Waals surface area contributed by atoms with Gasteiger partial charge in [0.25, 0.3) is 0 Å². The summed E-state index contributed by atoms with van der Waals surface area (Å²) >= 11 is 0. The molecule has 0 saturated heterocycles. The number of pyridine rings is 1. The molecule has 0 atom stereocenters. The fraction of sp³-hybridized carbons (Fsp3) is 0. The Morgan fingerprint density at radius 1 is 2.00 bits per heavy atom. The predicted octanol–water partition coefficient (Wildman–Crippen LogP) is 0.181.